The van der Waals surface area contributed by atoms with Crippen molar-refractivity contribution in [1.29, 1.82) is 0 Å². The first kappa shape index (κ1) is 19.6. The Balaban J connectivity index is 1.23. The Morgan fingerprint density at radius 2 is 2.09 bits per heavy atom. The van der Waals surface area contributed by atoms with Crippen LogP contribution in [-0.2, 0) is 12.8 Å². The lowest BCUT2D eigenvalue weighted by Crippen LogP contribution is -2.35. The minimum Gasteiger partial charge on any atom is -0.390 e. The van der Waals surface area contributed by atoms with Crippen molar-refractivity contribution in [2.75, 3.05) is 11.9 Å². The van der Waals surface area contributed by atoms with Crippen molar-refractivity contribution in [1.82, 2.24) is 19.5 Å². The van der Waals surface area contributed by atoms with Crippen molar-refractivity contribution in [2.45, 2.75) is 50.9 Å². The summed E-state index contributed by atoms with van der Waals surface area (Å²) in [4.78, 5) is 13.3. The molecule has 1 aliphatic carbocycles. The van der Waals surface area contributed by atoms with Gasteiger partial charge in [-0.1, -0.05) is 19.1 Å². The second kappa shape index (κ2) is 7.25. The number of fused-ring (bicyclic) bond motifs is 3. The van der Waals surface area contributed by atoms with Gasteiger partial charge >= 0.3 is 0 Å². The van der Waals surface area contributed by atoms with Crippen LogP contribution < -0.4 is 5.32 Å². The Kier molecular flexibility index (Phi) is 4.45. The number of anilines is 1. The summed E-state index contributed by atoms with van der Waals surface area (Å²) in [6.07, 6.45) is 6.93. The zero-order chi connectivity index (χ0) is 21.9. The minimum atomic E-state index is -0.836. The highest BCUT2D eigenvalue weighted by molar-refractivity contribution is 5.83. The molecule has 7 nitrogen and oxygen atoms in total. The van der Waals surface area contributed by atoms with Gasteiger partial charge in [-0.25, -0.2) is 15.0 Å². The molecule has 0 radical (unpaired) electrons. The van der Waals surface area contributed by atoms with Gasteiger partial charge in [0.25, 0.3) is 0 Å². The summed E-state index contributed by atoms with van der Waals surface area (Å²) >= 11 is 0. The molecule has 4 atom stereocenters. The van der Waals surface area contributed by atoms with Gasteiger partial charge in [-0.3, -0.25) is 0 Å². The highest BCUT2D eigenvalue weighted by Gasteiger charge is 2.50. The number of aryl methyl sites for hydroxylation is 1. The van der Waals surface area contributed by atoms with Crippen LogP contribution in [0.3, 0.4) is 0 Å². The van der Waals surface area contributed by atoms with E-state index in [2.05, 4.69) is 46.5 Å². The number of nitrogens with zero attached hydrogens (tertiary/aromatic N) is 4. The molecule has 6 rings (SSSR count). The summed E-state index contributed by atoms with van der Waals surface area (Å²) in [6, 6.07) is 10.4. The minimum absolute atomic E-state index is 0.214. The lowest BCUT2D eigenvalue weighted by molar-refractivity contribution is -0.0241. The summed E-state index contributed by atoms with van der Waals surface area (Å²) < 4.78 is 1.99. The molecule has 0 spiro atoms. The molecule has 0 unspecified atom stereocenters. The van der Waals surface area contributed by atoms with Gasteiger partial charge < -0.3 is 20.1 Å². The summed E-state index contributed by atoms with van der Waals surface area (Å²) in [6.45, 7) is 3.03. The highest BCUT2D eigenvalue weighted by Crippen LogP contribution is 2.48. The van der Waals surface area contributed by atoms with Crippen LogP contribution in [0.15, 0.2) is 49.1 Å². The van der Waals surface area contributed by atoms with Crippen molar-refractivity contribution in [3.05, 3.63) is 60.2 Å². The van der Waals surface area contributed by atoms with Crippen molar-refractivity contribution in [2.24, 2.45) is 5.41 Å². The molecule has 1 saturated carbocycles. The van der Waals surface area contributed by atoms with E-state index in [0.29, 0.717) is 6.42 Å². The summed E-state index contributed by atoms with van der Waals surface area (Å²) in [5.74, 6) is 1.00. The fraction of sp³-hybridized carbons (Fsp3) is 0.400. The van der Waals surface area contributed by atoms with E-state index in [1.165, 1.54) is 22.8 Å². The smallest absolute Gasteiger partial charge is 0.143 e. The average molecular weight is 430 g/mol. The third-order valence-corrected chi connectivity index (χ3v) is 7.47. The number of aliphatic hydroxyl groups is 2. The van der Waals surface area contributed by atoms with Crippen LogP contribution in [0.4, 0.5) is 5.82 Å². The SMILES string of the molecule is C[C@]1(CCc2ccc3cc4c(nc3c2)NCC4)C[C@@H](n2ccc3cncnc32)[C@H](O)[C@@H]1O. The van der Waals surface area contributed by atoms with Crippen LogP contribution in [0.2, 0.25) is 0 Å². The number of pyridine rings is 1. The van der Waals surface area contributed by atoms with E-state index in [1.54, 1.807) is 6.20 Å². The van der Waals surface area contributed by atoms with Gasteiger partial charge in [0.15, 0.2) is 0 Å². The number of benzene rings is 1. The average Bonchev–Trinajstić information content (AvgIpc) is 3.50. The van der Waals surface area contributed by atoms with Crippen LogP contribution in [0.1, 0.15) is 36.9 Å². The number of rotatable bonds is 4. The number of aliphatic hydroxyl groups excluding tert-OH is 2. The Labute approximate surface area is 186 Å². The Hall–Kier alpha value is -3.03. The number of aromatic nitrogens is 4. The standard InChI is InChI=1S/C25H27N5O2/c1-25(7-4-15-2-3-16-11-17-5-8-27-23(17)29-19(16)10-15)12-20(21(31)22(25)32)30-9-6-18-13-26-14-28-24(18)30/h2-3,6,9-11,13-14,20-22,31-32H,4-5,7-8,12H2,1H3,(H,27,29)/t20-,21+,22+,25+/m1/s1. The maximum atomic E-state index is 11.0. The second-order valence-corrected chi connectivity index (χ2v) is 9.59. The van der Waals surface area contributed by atoms with Gasteiger partial charge in [-0.05, 0) is 60.4 Å². The van der Waals surface area contributed by atoms with E-state index < -0.39 is 17.6 Å². The quantitative estimate of drug-likeness (QED) is 0.461. The zero-order valence-electron chi connectivity index (χ0n) is 18.1. The van der Waals surface area contributed by atoms with E-state index in [9.17, 15) is 10.2 Å². The van der Waals surface area contributed by atoms with Gasteiger partial charge in [0, 0.05) is 29.7 Å². The van der Waals surface area contributed by atoms with Crippen LogP contribution in [0.5, 0.6) is 0 Å². The summed E-state index contributed by atoms with van der Waals surface area (Å²) in [5, 5.41) is 27.4. The molecule has 4 heterocycles. The van der Waals surface area contributed by atoms with Crippen LogP contribution in [0.25, 0.3) is 21.9 Å². The molecule has 7 heteroatoms. The highest BCUT2D eigenvalue weighted by atomic mass is 16.3. The van der Waals surface area contributed by atoms with E-state index in [0.717, 1.165) is 48.2 Å². The molecule has 0 saturated heterocycles. The molecule has 3 aromatic heterocycles. The first-order chi connectivity index (χ1) is 15.5. The summed E-state index contributed by atoms with van der Waals surface area (Å²) in [5.41, 5.74) is 3.89. The van der Waals surface area contributed by atoms with Crippen molar-refractivity contribution in [3.8, 4) is 0 Å². The van der Waals surface area contributed by atoms with Gasteiger partial charge in [-0.2, -0.15) is 0 Å². The second-order valence-electron chi connectivity index (χ2n) is 9.59. The maximum absolute atomic E-state index is 11.0. The third kappa shape index (κ3) is 3.07. The largest absolute Gasteiger partial charge is 0.390 e. The molecular formula is C25H27N5O2. The van der Waals surface area contributed by atoms with Crippen molar-refractivity contribution < 1.29 is 10.2 Å². The van der Waals surface area contributed by atoms with Crippen LogP contribution in [0, 0.1) is 5.41 Å². The normalized spacial score (nSPS) is 27.2. The van der Waals surface area contributed by atoms with Crippen molar-refractivity contribution >= 4 is 27.8 Å². The van der Waals surface area contributed by atoms with Crippen molar-refractivity contribution in [3.63, 3.8) is 0 Å². The molecule has 164 valence electrons. The predicted molar refractivity (Wildman–Crippen MR) is 124 cm³/mol. The number of hydrogen-bond acceptors (Lipinski definition) is 6. The molecule has 32 heavy (non-hydrogen) atoms. The maximum Gasteiger partial charge on any atom is 0.143 e. The zero-order valence-corrected chi connectivity index (χ0v) is 18.1. The molecule has 1 aromatic carbocycles. The molecule has 4 aromatic rings. The van der Waals surface area contributed by atoms with E-state index in [1.807, 2.05) is 16.8 Å². The molecule has 0 bridgehead atoms. The fourth-order valence-electron chi connectivity index (χ4n) is 5.52. The van der Waals surface area contributed by atoms with Gasteiger partial charge in [0.05, 0.1) is 17.7 Å². The molecule has 0 amide bonds. The lowest BCUT2D eigenvalue weighted by atomic mass is 9.80. The predicted octanol–water partition coefficient (Wildman–Crippen LogP) is 3.25. The molecule has 1 aliphatic heterocycles. The monoisotopic (exact) mass is 429 g/mol. The molecule has 1 fully saturated rings. The fourth-order valence-corrected chi connectivity index (χ4v) is 5.52. The number of nitrogens with one attached hydrogen (secondary N) is 1. The van der Waals surface area contributed by atoms with E-state index >= 15 is 0 Å². The Morgan fingerprint density at radius 3 is 3.00 bits per heavy atom. The first-order valence-electron chi connectivity index (χ1n) is 11.3. The lowest BCUT2D eigenvalue weighted by Gasteiger charge is -2.28. The Morgan fingerprint density at radius 1 is 1.19 bits per heavy atom. The third-order valence-electron chi connectivity index (χ3n) is 7.47. The Bertz CT molecular complexity index is 1320. The van der Waals surface area contributed by atoms with Crippen LogP contribution >= 0.6 is 0 Å². The van der Waals surface area contributed by atoms with Gasteiger partial charge in [0.2, 0.25) is 0 Å². The van der Waals surface area contributed by atoms with Gasteiger partial charge in [-0.15, -0.1) is 0 Å². The van der Waals surface area contributed by atoms with Crippen LogP contribution in [-0.4, -0.2) is 48.5 Å². The molecule has 3 N–H and O–H groups in total. The van der Waals surface area contributed by atoms with E-state index in [4.69, 9.17) is 4.98 Å². The summed E-state index contributed by atoms with van der Waals surface area (Å²) in [7, 11) is 0. The number of hydrogen-bond donors (Lipinski definition) is 3. The first-order valence-corrected chi connectivity index (χ1v) is 11.3. The topological polar surface area (TPSA) is 96.1 Å². The van der Waals surface area contributed by atoms with Gasteiger partial charge in [0.1, 0.15) is 23.9 Å². The molecule has 2 aliphatic rings. The van der Waals surface area contributed by atoms with E-state index in [-0.39, 0.29) is 6.04 Å². The molecular weight excluding hydrogens is 402 g/mol.